The van der Waals surface area contributed by atoms with E-state index in [9.17, 15) is 9.90 Å². The summed E-state index contributed by atoms with van der Waals surface area (Å²) in [5.41, 5.74) is 0.793. The average Bonchev–Trinajstić information content (AvgIpc) is 2.45. The van der Waals surface area contributed by atoms with Crippen LogP contribution in [0.1, 0.15) is 37.3 Å². The van der Waals surface area contributed by atoms with Gasteiger partial charge < -0.3 is 9.84 Å². The van der Waals surface area contributed by atoms with Crippen LogP contribution in [0.25, 0.3) is 0 Å². The Morgan fingerprint density at radius 1 is 1.40 bits per heavy atom. The normalized spacial score (nSPS) is 17.7. The molecule has 1 aromatic rings. The van der Waals surface area contributed by atoms with Crippen LogP contribution in [-0.4, -0.2) is 36.2 Å². The highest BCUT2D eigenvalue weighted by Crippen LogP contribution is 2.38. The van der Waals surface area contributed by atoms with E-state index >= 15 is 0 Å². The van der Waals surface area contributed by atoms with Gasteiger partial charge in [-0.1, -0.05) is 24.1 Å². The van der Waals surface area contributed by atoms with Crippen LogP contribution >= 0.6 is 11.6 Å². The fourth-order valence-electron chi connectivity index (χ4n) is 2.83. The lowest BCUT2D eigenvalue weighted by atomic mass is 9.98. The molecule has 0 amide bonds. The topological polar surface area (TPSA) is 49.8 Å². The molecule has 0 spiro atoms. The molecule has 0 aliphatic carbocycles. The maximum atomic E-state index is 11.2. The summed E-state index contributed by atoms with van der Waals surface area (Å²) < 4.78 is 5.38. The van der Waals surface area contributed by atoms with Crippen molar-refractivity contribution < 1.29 is 14.6 Å². The lowest BCUT2D eigenvalue weighted by molar-refractivity contribution is -0.138. The standard InChI is InChI=1S/C15H20ClNO3/c1-20-13-7-5-6-11(16)15(13)12(10-14(18)19)17-8-3-2-4-9-17/h5-7,12H,2-4,8-10H2,1H3,(H,18,19). The van der Waals surface area contributed by atoms with Crippen molar-refractivity contribution in [1.29, 1.82) is 0 Å². The number of methoxy groups -OCH3 is 1. The van der Waals surface area contributed by atoms with Crippen LogP contribution in [0.5, 0.6) is 5.75 Å². The van der Waals surface area contributed by atoms with Crippen molar-refractivity contribution in [3.63, 3.8) is 0 Å². The molecule has 110 valence electrons. The van der Waals surface area contributed by atoms with E-state index < -0.39 is 5.97 Å². The minimum atomic E-state index is -0.817. The number of rotatable bonds is 5. The quantitative estimate of drug-likeness (QED) is 0.905. The molecule has 1 N–H and O–H groups in total. The Morgan fingerprint density at radius 2 is 2.10 bits per heavy atom. The number of carbonyl (C=O) groups is 1. The zero-order chi connectivity index (χ0) is 14.5. The molecule has 1 aliphatic heterocycles. The molecule has 0 aromatic heterocycles. The molecule has 1 unspecified atom stereocenters. The Kier molecular flexibility index (Phi) is 5.26. The first kappa shape index (κ1) is 15.1. The van der Waals surface area contributed by atoms with E-state index in [1.807, 2.05) is 12.1 Å². The third kappa shape index (κ3) is 3.44. The van der Waals surface area contributed by atoms with Gasteiger partial charge in [0.2, 0.25) is 0 Å². The molecular formula is C15H20ClNO3. The van der Waals surface area contributed by atoms with Gasteiger partial charge in [-0.3, -0.25) is 9.69 Å². The molecule has 0 bridgehead atoms. The molecule has 2 rings (SSSR count). The first-order valence-electron chi connectivity index (χ1n) is 6.91. The van der Waals surface area contributed by atoms with Gasteiger partial charge in [-0.05, 0) is 38.1 Å². The molecule has 1 heterocycles. The van der Waals surface area contributed by atoms with Gasteiger partial charge >= 0.3 is 5.97 Å². The molecule has 1 aliphatic rings. The van der Waals surface area contributed by atoms with Crippen molar-refractivity contribution in [2.75, 3.05) is 20.2 Å². The number of nitrogens with zero attached hydrogens (tertiary/aromatic N) is 1. The smallest absolute Gasteiger partial charge is 0.305 e. The Hall–Kier alpha value is -1.26. The highest BCUT2D eigenvalue weighted by molar-refractivity contribution is 6.31. The van der Waals surface area contributed by atoms with Gasteiger partial charge in [-0.2, -0.15) is 0 Å². The molecular weight excluding hydrogens is 278 g/mol. The van der Waals surface area contributed by atoms with Gasteiger partial charge in [0.25, 0.3) is 0 Å². The van der Waals surface area contributed by atoms with Gasteiger partial charge in [-0.15, -0.1) is 0 Å². The van der Waals surface area contributed by atoms with E-state index in [1.165, 1.54) is 6.42 Å². The van der Waals surface area contributed by atoms with E-state index in [4.69, 9.17) is 16.3 Å². The number of carboxylic acids is 1. The zero-order valence-corrected chi connectivity index (χ0v) is 12.4. The molecule has 5 heteroatoms. The monoisotopic (exact) mass is 297 g/mol. The number of aliphatic carboxylic acids is 1. The molecule has 1 saturated heterocycles. The van der Waals surface area contributed by atoms with Crippen LogP contribution in [0.3, 0.4) is 0 Å². The SMILES string of the molecule is COc1cccc(Cl)c1C(CC(=O)O)N1CCCCC1. The zero-order valence-electron chi connectivity index (χ0n) is 11.6. The predicted octanol–water partition coefficient (Wildman–Crippen LogP) is 3.35. The summed E-state index contributed by atoms with van der Waals surface area (Å²) in [6.45, 7) is 1.82. The third-order valence-corrected chi connectivity index (χ3v) is 4.10. The van der Waals surface area contributed by atoms with E-state index in [-0.39, 0.29) is 12.5 Å². The minimum absolute atomic E-state index is 0.0418. The molecule has 0 saturated carbocycles. The van der Waals surface area contributed by atoms with Crippen molar-refractivity contribution in [3.8, 4) is 5.75 Å². The Labute approximate surface area is 124 Å². The Bertz CT molecular complexity index is 472. The number of hydrogen-bond donors (Lipinski definition) is 1. The highest BCUT2D eigenvalue weighted by Gasteiger charge is 2.28. The summed E-state index contributed by atoms with van der Waals surface area (Å²) in [6, 6.07) is 5.22. The largest absolute Gasteiger partial charge is 0.496 e. The van der Waals surface area contributed by atoms with Crippen LogP contribution in [0.2, 0.25) is 5.02 Å². The van der Waals surface area contributed by atoms with Gasteiger partial charge in [0.15, 0.2) is 0 Å². The molecule has 20 heavy (non-hydrogen) atoms. The summed E-state index contributed by atoms with van der Waals surface area (Å²) >= 11 is 6.31. The van der Waals surface area contributed by atoms with Gasteiger partial charge in [0, 0.05) is 10.6 Å². The number of piperidine rings is 1. The molecule has 1 aromatic carbocycles. The second kappa shape index (κ2) is 6.95. The molecule has 0 radical (unpaired) electrons. The number of hydrogen-bond acceptors (Lipinski definition) is 3. The van der Waals surface area contributed by atoms with E-state index in [1.54, 1.807) is 13.2 Å². The first-order chi connectivity index (χ1) is 9.63. The summed E-state index contributed by atoms with van der Waals surface area (Å²) in [4.78, 5) is 13.4. The fourth-order valence-corrected chi connectivity index (χ4v) is 3.12. The summed E-state index contributed by atoms with van der Waals surface area (Å²) in [5.74, 6) is -0.156. The van der Waals surface area contributed by atoms with Gasteiger partial charge in [-0.25, -0.2) is 0 Å². The molecule has 4 nitrogen and oxygen atoms in total. The van der Waals surface area contributed by atoms with Crippen molar-refractivity contribution >= 4 is 17.6 Å². The van der Waals surface area contributed by atoms with E-state index in [2.05, 4.69) is 4.90 Å². The molecule has 1 atom stereocenters. The maximum Gasteiger partial charge on any atom is 0.305 e. The number of halogens is 1. The predicted molar refractivity (Wildman–Crippen MR) is 78.4 cm³/mol. The lowest BCUT2D eigenvalue weighted by Crippen LogP contribution is -2.35. The maximum absolute atomic E-state index is 11.2. The number of likely N-dealkylation sites (tertiary alicyclic amines) is 1. The van der Waals surface area contributed by atoms with Crippen LogP contribution in [0.4, 0.5) is 0 Å². The minimum Gasteiger partial charge on any atom is -0.496 e. The van der Waals surface area contributed by atoms with Crippen molar-refractivity contribution in [3.05, 3.63) is 28.8 Å². The second-order valence-electron chi connectivity index (χ2n) is 5.07. The lowest BCUT2D eigenvalue weighted by Gasteiger charge is -2.35. The first-order valence-corrected chi connectivity index (χ1v) is 7.29. The summed E-state index contributed by atoms with van der Waals surface area (Å²) in [5, 5.41) is 9.79. The van der Waals surface area contributed by atoms with Gasteiger partial charge in [0.05, 0.1) is 19.6 Å². The number of carboxylic acid groups (broad SMARTS) is 1. The summed E-state index contributed by atoms with van der Waals surface area (Å²) in [6.07, 6.45) is 3.45. The van der Waals surface area contributed by atoms with Crippen molar-refractivity contribution in [2.24, 2.45) is 0 Å². The Morgan fingerprint density at radius 3 is 2.70 bits per heavy atom. The third-order valence-electron chi connectivity index (χ3n) is 3.77. The Balaban J connectivity index is 2.37. The van der Waals surface area contributed by atoms with Gasteiger partial charge in [0.1, 0.15) is 5.75 Å². The van der Waals surface area contributed by atoms with E-state index in [0.717, 1.165) is 31.5 Å². The number of ether oxygens (including phenoxy) is 1. The second-order valence-corrected chi connectivity index (χ2v) is 5.47. The van der Waals surface area contributed by atoms with Crippen molar-refractivity contribution in [1.82, 2.24) is 4.90 Å². The highest BCUT2D eigenvalue weighted by atomic mass is 35.5. The molecule has 1 fully saturated rings. The number of benzene rings is 1. The fraction of sp³-hybridized carbons (Fsp3) is 0.533. The average molecular weight is 298 g/mol. The van der Waals surface area contributed by atoms with Crippen LogP contribution in [-0.2, 0) is 4.79 Å². The van der Waals surface area contributed by atoms with Crippen molar-refractivity contribution in [2.45, 2.75) is 31.7 Å². The van der Waals surface area contributed by atoms with Crippen LogP contribution in [0.15, 0.2) is 18.2 Å². The van der Waals surface area contributed by atoms with Crippen LogP contribution < -0.4 is 4.74 Å². The van der Waals surface area contributed by atoms with E-state index in [0.29, 0.717) is 10.8 Å². The van der Waals surface area contributed by atoms with Crippen LogP contribution in [0, 0.1) is 0 Å². The summed E-state index contributed by atoms with van der Waals surface area (Å²) in [7, 11) is 1.59.